The van der Waals surface area contributed by atoms with Crippen LogP contribution in [0.3, 0.4) is 0 Å². The van der Waals surface area contributed by atoms with Crippen LogP contribution in [0.2, 0.25) is 0 Å². The van der Waals surface area contributed by atoms with E-state index in [1.54, 1.807) is 13.8 Å². The first-order valence-corrected chi connectivity index (χ1v) is 7.96. The van der Waals surface area contributed by atoms with Gasteiger partial charge in [0.1, 0.15) is 0 Å². The van der Waals surface area contributed by atoms with Crippen molar-refractivity contribution < 1.29 is 21.6 Å². The predicted molar refractivity (Wildman–Crippen MR) is 74.1 cm³/mol. The molecule has 8 heteroatoms. The largest absolute Gasteiger partial charge is 0.417 e. The number of alkyl halides is 3. The van der Waals surface area contributed by atoms with Crippen molar-refractivity contribution in [3.63, 3.8) is 0 Å². The lowest BCUT2D eigenvalue weighted by atomic mass is 10.0. The standard InChI is InChI=1S/C13H19F3N2O2S/c1-9(2)11(7-8-17)18-21(19,20)12-6-4-3-5-10(12)13(14,15)16/h3-6,9,11,18H,7-8,17H2,1-2H3. The summed E-state index contributed by atoms with van der Waals surface area (Å²) in [5.41, 5.74) is 4.24. The fraction of sp³-hybridized carbons (Fsp3) is 0.538. The summed E-state index contributed by atoms with van der Waals surface area (Å²) in [5.74, 6) is -0.0821. The number of hydrogen-bond donors (Lipinski definition) is 2. The average Bonchev–Trinajstić information content (AvgIpc) is 2.37. The molecule has 1 unspecified atom stereocenters. The minimum Gasteiger partial charge on any atom is -0.330 e. The maximum Gasteiger partial charge on any atom is 0.417 e. The summed E-state index contributed by atoms with van der Waals surface area (Å²) in [7, 11) is -4.27. The van der Waals surface area contributed by atoms with Crippen molar-refractivity contribution in [1.29, 1.82) is 0 Å². The second-order valence-corrected chi connectivity index (χ2v) is 6.73. The molecule has 0 aromatic heterocycles. The normalized spacial score (nSPS) is 14.4. The van der Waals surface area contributed by atoms with E-state index in [0.29, 0.717) is 6.42 Å². The van der Waals surface area contributed by atoms with Crippen molar-refractivity contribution in [2.45, 2.75) is 37.4 Å². The van der Waals surface area contributed by atoms with Crippen LogP contribution in [0.1, 0.15) is 25.8 Å². The van der Waals surface area contributed by atoms with Crippen LogP contribution in [0, 0.1) is 5.92 Å². The molecule has 1 rings (SSSR count). The molecule has 1 atom stereocenters. The Labute approximate surface area is 122 Å². The van der Waals surface area contributed by atoms with Gasteiger partial charge in [0.2, 0.25) is 10.0 Å². The smallest absolute Gasteiger partial charge is 0.330 e. The van der Waals surface area contributed by atoms with Gasteiger partial charge < -0.3 is 5.73 Å². The second-order valence-electron chi connectivity index (χ2n) is 5.04. The summed E-state index contributed by atoms with van der Waals surface area (Å²) < 4.78 is 65.5. The third-order valence-corrected chi connectivity index (χ3v) is 4.62. The van der Waals surface area contributed by atoms with Gasteiger partial charge in [-0.2, -0.15) is 13.2 Å². The first-order valence-electron chi connectivity index (χ1n) is 6.48. The number of nitrogens with one attached hydrogen (secondary N) is 1. The highest BCUT2D eigenvalue weighted by molar-refractivity contribution is 7.89. The van der Waals surface area contributed by atoms with Gasteiger partial charge in [-0.15, -0.1) is 0 Å². The molecule has 0 bridgehead atoms. The lowest BCUT2D eigenvalue weighted by Crippen LogP contribution is -2.40. The molecule has 0 heterocycles. The van der Waals surface area contributed by atoms with E-state index in [9.17, 15) is 21.6 Å². The highest BCUT2D eigenvalue weighted by atomic mass is 32.2. The summed E-state index contributed by atoms with van der Waals surface area (Å²) >= 11 is 0. The number of benzene rings is 1. The molecule has 1 aromatic rings. The van der Waals surface area contributed by atoms with Gasteiger partial charge in [-0.3, -0.25) is 0 Å². The van der Waals surface area contributed by atoms with Gasteiger partial charge in [-0.25, -0.2) is 13.1 Å². The topological polar surface area (TPSA) is 72.2 Å². The minimum atomic E-state index is -4.73. The van der Waals surface area contributed by atoms with Crippen LogP contribution < -0.4 is 10.5 Å². The van der Waals surface area contributed by atoms with Crippen molar-refractivity contribution in [2.24, 2.45) is 11.7 Å². The first-order chi connectivity index (χ1) is 9.59. The van der Waals surface area contributed by atoms with Crippen LogP contribution in [0.15, 0.2) is 29.2 Å². The maximum absolute atomic E-state index is 12.9. The molecule has 0 fully saturated rings. The molecule has 4 nitrogen and oxygen atoms in total. The number of sulfonamides is 1. The molecule has 0 aliphatic heterocycles. The van der Waals surface area contributed by atoms with Crippen LogP contribution in [0.25, 0.3) is 0 Å². The second kappa shape index (κ2) is 6.76. The molecule has 0 saturated carbocycles. The molecule has 1 aromatic carbocycles. The van der Waals surface area contributed by atoms with Gasteiger partial charge in [0.05, 0.1) is 10.5 Å². The van der Waals surface area contributed by atoms with Crippen LogP contribution >= 0.6 is 0 Å². The van der Waals surface area contributed by atoms with Crippen LogP contribution in [0.4, 0.5) is 13.2 Å². The van der Waals surface area contributed by atoms with E-state index in [4.69, 9.17) is 5.73 Å². The van der Waals surface area contributed by atoms with Crippen molar-refractivity contribution in [3.8, 4) is 0 Å². The van der Waals surface area contributed by atoms with E-state index in [2.05, 4.69) is 4.72 Å². The third kappa shape index (κ3) is 4.69. The van der Waals surface area contributed by atoms with Gasteiger partial charge in [0, 0.05) is 6.04 Å². The van der Waals surface area contributed by atoms with E-state index >= 15 is 0 Å². The molecule has 3 N–H and O–H groups in total. The Morgan fingerprint density at radius 1 is 1.24 bits per heavy atom. The molecule has 21 heavy (non-hydrogen) atoms. The van der Waals surface area contributed by atoms with Gasteiger partial charge in [0.15, 0.2) is 0 Å². The summed E-state index contributed by atoms with van der Waals surface area (Å²) in [4.78, 5) is -0.764. The molecular formula is C13H19F3N2O2S. The van der Waals surface area contributed by atoms with Crippen molar-refractivity contribution in [1.82, 2.24) is 4.72 Å². The zero-order valence-corrected chi connectivity index (χ0v) is 12.6. The van der Waals surface area contributed by atoms with Crippen LogP contribution in [0.5, 0.6) is 0 Å². The number of rotatable bonds is 6. The van der Waals surface area contributed by atoms with E-state index in [0.717, 1.165) is 18.2 Å². The Morgan fingerprint density at radius 2 is 1.81 bits per heavy atom. The van der Waals surface area contributed by atoms with Crippen molar-refractivity contribution >= 4 is 10.0 Å². The summed E-state index contributed by atoms with van der Waals surface area (Å²) in [6.07, 6.45) is -4.38. The highest BCUT2D eigenvalue weighted by Gasteiger charge is 2.37. The molecule has 0 amide bonds. The average molecular weight is 324 g/mol. The Hall–Kier alpha value is -1.12. The van der Waals surface area contributed by atoms with E-state index in [1.807, 2.05) is 0 Å². The Balaban J connectivity index is 3.20. The van der Waals surface area contributed by atoms with Crippen molar-refractivity contribution in [3.05, 3.63) is 29.8 Å². The molecule has 0 spiro atoms. The first kappa shape index (κ1) is 17.9. The molecule has 120 valence electrons. The molecule has 0 aliphatic rings. The van der Waals surface area contributed by atoms with E-state index in [-0.39, 0.29) is 12.5 Å². The monoisotopic (exact) mass is 324 g/mol. The summed E-state index contributed by atoms with van der Waals surface area (Å²) in [6, 6.07) is 3.60. The van der Waals surface area contributed by atoms with Gasteiger partial charge in [-0.1, -0.05) is 26.0 Å². The quantitative estimate of drug-likeness (QED) is 0.844. The maximum atomic E-state index is 12.9. The SMILES string of the molecule is CC(C)C(CCN)NS(=O)(=O)c1ccccc1C(F)(F)F. The van der Waals surface area contributed by atoms with Gasteiger partial charge in [-0.05, 0) is 31.0 Å². The van der Waals surface area contributed by atoms with E-state index < -0.39 is 32.7 Å². The molecular weight excluding hydrogens is 305 g/mol. The lowest BCUT2D eigenvalue weighted by molar-refractivity contribution is -0.139. The number of hydrogen-bond acceptors (Lipinski definition) is 3. The zero-order valence-electron chi connectivity index (χ0n) is 11.8. The fourth-order valence-corrected chi connectivity index (χ4v) is 3.55. The van der Waals surface area contributed by atoms with Crippen molar-refractivity contribution in [2.75, 3.05) is 6.54 Å². The Bertz CT molecular complexity index is 571. The Kier molecular flexibility index (Phi) is 5.77. The van der Waals surface area contributed by atoms with Gasteiger partial charge in [0.25, 0.3) is 0 Å². The summed E-state index contributed by atoms with van der Waals surface area (Å²) in [5, 5.41) is 0. The van der Waals surface area contributed by atoms with Crippen LogP contribution in [-0.2, 0) is 16.2 Å². The lowest BCUT2D eigenvalue weighted by Gasteiger charge is -2.22. The molecule has 0 saturated heterocycles. The zero-order chi connectivity index (χ0) is 16.3. The van der Waals surface area contributed by atoms with Crippen LogP contribution in [-0.4, -0.2) is 21.0 Å². The number of nitrogens with two attached hydrogens (primary N) is 1. The Morgan fingerprint density at radius 3 is 2.29 bits per heavy atom. The predicted octanol–water partition coefficient (Wildman–Crippen LogP) is 2.36. The summed E-state index contributed by atoms with van der Waals surface area (Å²) in [6.45, 7) is 3.79. The highest BCUT2D eigenvalue weighted by Crippen LogP contribution is 2.34. The molecule has 0 aliphatic carbocycles. The third-order valence-electron chi connectivity index (χ3n) is 3.07. The van der Waals surface area contributed by atoms with Gasteiger partial charge >= 0.3 is 6.18 Å². The number of halogens is 3. The fourth-order valence-electron chi connectivity index (χ4n) is 1.91. The minimum absolute atomic E-state index is 0.0821. The van der Waals surface area contributed by atoms with E-state index in [1.165, 1.54) is 6.07 Å². The molecule has 0 radical (unpaired) electrons.